The summed E-state index contributed by atoms with van der Waals surface area (Å²) in [6, 6.07) is 5.09. The molecule has 0 aliphatic carbocycles. The van der Waals surface area contributed by atoms with Crippen molar-refractivity contribution in [1.29, 1.82) is 0 Å². The van der Waals surface area contributed by atoms with Gasteiger partial charge < -0.3 is 19.7 Å². The normalized spacial score (nSPS) is 14.8. The number of thioether (sulfide) groups is 1. The van der Waals surface area contributed by atoms with Gasteiger partial charge in [-0.1, -0.05) is 0 Å². The lowest BCUT2D eigenvalue weighted by molar-refractivity contribution is -0.645. The molecule has 120 valence electrons. The SMILES string of the molecule is CCOC(=O)N1CCN(C(=O)CSc2cccc[n+]2[O-])CC1. The van der Waals surface area contributed by atoms with Crippen molar-refractivity contribution in [3.8, 4) is 0 Å². The summed E-state index contributed by atoms with van der Waals surface area (Å²) in [5, 5.41) is 12.0. The zero-order valence-corrected chi connectivity index (χ0v) is 13.3. The Morgan fingerprint density at radius 2 is 1.95 bits per heavy atom. The molecule has 2 heterocycles. The predicted octanol–water partition coefficient (Wildman–Crippen LogP) is 0.713. The summed E-state index contributed by atoms with van der Waals surface area (Å²) in [7, 11) is 0. The largest absolute Gasteiger partial charge is 0.618 e. The average molecular weight is 325 g/mol. The van der Waals surface area contributed by atoms with Crippen molar-refractivity contribution < 1.29 is 19.1 Å². The van der Waals surface area contributed by atoms with Crippen molar-refractivity contribution >= 4 is 23.8 Å². The minimum atomic E-state index is -0.333. The molecular weight excluding hydrogens is 306 g/mol. The number of aromatic nitrogens is 1. The van der Waals surface area contributed by atoms with Crippen LogP contribution >= 0.6 is 11.8 Å². The summed E-state index contributed by atoms with van der Waals surface area (Å²) in [5.74, 6) is 0.184. The summed E-state index contributed by atoms with van der Waals surface area (Å²) < 4.78 is 5.68. The molecule has 0 unspecified atom stereocenters. The van der Waals surface area contributed by atoms with E-state index in [1.807, 2.05) is 0 Å². The van der Waals surface area contributed by atoms with E-state index in [2.05, 4.69) is 0 Å². The topological polar surface area (TPSA) is 76.8 Å². The number of hydrogen-bond acceptors (Lipinski definition) is 5. The Morgan fingerprint density at radius 1 is 1.27 bits per heavy atom. The quantitative estimate of drug-likeness (QED) is 0.463. The molecule has 0 bridgehead atoms. The number of ether oxygens (including phenoxy) is 1. The van der Waals surface area contributed by atoms with Gasteiger partial charge in [0.2, 0.25) is 5.91 Å². The van der Waals surface area contributed by atoms with Crippen molar-refractivity contribution in [3.05, 3.63) is 29.6 Å². The van der Waals surface area contributed by atoms with E-state index < -0.39 is 0 Å². The smallest absolute Gasteiger partial charge is 0.409 e. The second-order valence-electron chi connectivity index (χ2n) is 4.72. The van der Waals surface area contributed by atoms with Crippen molar-refractivity contribution in [2.75, 3.05) is 38.5 Å². The first-order valence-electron chi connectivity index (χ1n) is 7.12. The fourth-order valence-electron chi connectivity index (χ4n) is 2.10. The Labute approximate surface area is 133 Å². The number of rotatable bonds is 4. The van der Waals surface area contributed by atoms with Crippen molar-refractivity contribution in [1.82, 2.24) is 9.80 Å². The van der Waals surface area contributed by atoms with Crippen LogP contribution < -0.4 is 4.73 Å². The van der Waals surface area contributed by atoms with Gasteiger partial charge in [-0.3, -0.25) is 4.79 Å². The van der Waals surface area contributed by atoms with E-state index in [-0.39, 0.29) is 17.8 Å². The third-order valence-corrected chi connectivity index (χ3v) is 4.29. The van der Waals surface area contributed by atoms with Gasteiger partial charge in [-0.25, -0.2) is 4.79 Å². The summed E-state index contributed by atoms with van der Waals surface area (Å²) in [6.07, 6.45) is 1.07. The Morgan fingerprint density at radius 3 is 2.59 bits per heavy atom. The number of carbonyl (C=O) groups is 2. The van der Waals surface area contributed by atoms with E-state index >= 15 is 0 Å². The highest BCUT2D eigenvalue weighted by molar-refractivity contribution is 7.99. The number of amides is 2. The molecule has 1 aliphatic rings. The van der Waals surface area contributed by atoms with Gasteiger partial charge in [0.25, 0.3) is 5.03 Å². The highest BCUT2D eigenvalue weighted by Gasteiger charge is 2.25. The molecule has 0 saturated carbocycles. The van der Waals surface area contributed by atoms with Crippen LogP contribution in [0.5, 0.6) is 0 Å². The van der Waals surface area contributed by atoms with Gasteiger partial charge in [-0.05, 0) is 24.8 Å². The lowest BCUT2D eigenvalue weighted by atomic mass is 10.3. The molecule has 22 heavy (non-hydrogen) atoms. The maximum atomic E-state index is 12.1. The van der Waals surface area contributed by atoms with Crippen LogP contribution in [0.25, 0.3) is 0 Å². The molecular formula is C14H19N3O4S. The summed E-state index contributed by atoms with van der Waals surface area (Å²) in [6.45, 7) is 4.04. The molecule has 1 aliphatic heterocycles. The van der Waals surface area contributed by atoms with Gasteiger partial charge in [0.1, 0.15) is 0 Å². The van der Waals surface area contributed by atoms with Crippen molar-refractivity contribution in [3.63, 3.8) is 0 Å². The third-order valence-electron chi connectivity index (χ3n) is 3.29. The van der Waals surface area contributed by atoms with E-state index in [4.69, 9.17) is 4.74 Å². The minimum Gasteiger partial charge on any atom is -0.618 e. The molecule has 7 nitrogen and oxygen atoms in total. The van der Waals surface area contributed by atoms with E-state index in [1.165, 1.54) is 18.0 Å². The zero-order chi connectivity index (χ0) is 15.9. The first-order valence-corrected chi connectivity index (χ1v) is 8.11. The first-order chi connectivity index (χ1) is 10.6. The molecule has 1 aromatic heterocycles. The molecule has 0 aromatic carbocycles. The van der Waals surface area contributed by atoms with Crippen LogP contribution in [0.1, 0.15) is 6.92 Å². The molecule has 8 heteroatoms. The predicted molar refractivity (Wildman–Crippen MR) is 81.3 cm³/mol. The lowest BCUT2D eigenvalue weighted by Gasteiger charge is -2.33. The Bertz CT molecular complexity index is 533. The monoisotopic (exact) mass is 325 g/mol. The van der Waals surface area contributed by atoms with E-state index in [0.29, 0.717) is 37.8 Å². The highest BCUT2D eigenvalue weighted by Crippen LogP contribution is 2.14. The van der Waals surface area contributed by atoms with Crippen molar-refractivity contribution in [2.24, 2.45) is 0 Å². The molecule has 1 fully saturated rings. The molecule has 0 N–H and O–H groups in total. The number of carbonyl (C=O) groups excluding carboxylic acids is 2. The van der Waals surface area contributed by atoms with Gasteiger partial charge >= 0.3 is 6.09 Å². The van der Waals surface area contributed by atoms with Gasteiger partial charge in [0.05, 0.1) is 12.4 Å². The van der Waals surface area contributed by atoms with Crippen LogP contribution in [0.2, 0.25) is 0 Å². The second-order valence-corrected chi connectivity index (χ2v) is 5.72. The molecule has 0 atom stereocenters. The average Bonchev–Trinajstić information content (AvgIpc) is 2.54. The zero-order valence-electron chi connectivity index (χ0n) is 12.4. The van der Waals surface area contributed by atoms with Gasteiger partial charge in [-0.15, -0.1) is 0 Å². The lowest BCUT2D eigenvalue weighted by Crippen LogP contribution is -2.51. The third kappa shape index (κ3) is 4.27. The first kappa shape index (κ1) is 16.4. The number of hydrogen-bond donors (Lipinski definition) is 0. The van der Waals surface area contributed by atoms with Crippen LogP contribution in [0.15, 0.2) is 29.4 Å². The number of piperazine rings is 1. The standard InChI is InChI=1S/C14H19N3O4S/c1-2-21-14(19)16-9-7-15(8-10-16)12(18)11-22-13-5-3-4-6-17(13)20/h3-6H,2,7-11H2,1H3. The Balaban J connectivity index is 1.78. The summed E-state index contributed by atoms with van der Waals surface area (Å²) in [4.78, 5) is 27.0. The molecule has 2 amide bonds. The van der Waals surface area contributed by atoms with Crippen LogP contribution in [0, 0.1) is 5.21 Å². The molecule has 0 spiro atoms. The molecule has 2 rings (SSSR count). The molecule has 1 aromatic rings. The maximum absolute atomic E-state index is 12.1. The van der Waals surface area contributed by atoms with E-state index in [1.54, 1.807) is 34.9 Å². The van der Waals surface area contributed by atoms with Gasteiger partial charge in [-0.2, -0.15) is 4.73 Å². The fraction of sp³-hybridized carbons (Fsp3) is 0.500. The fourth-order valence-corrected chi connectivity index (χ4v) is 2.92. The van der Waals surface area contributed by atoms with Gasteiger partial charge in [0, 0.05) is 38.3 Å². The van der Waals surface area contributed by atoms with E-state index in [9.17, 15) is 14.8 Å². The highest BCUT2D eigenvalue weighted by atomic mass is 32.2. The van der Waals surface area contributed by atoms with Crippen LogP contribution in [-0.2, 0) is 9.53 Å². The van der Waals surface area contributed by atoms with Crippen molar-refractivity contribution in [2.45, 2.75) is 11.9 Å². The number of nitrogens with zero attached hydrogens (tertiary/aromatic N) is 3. The maximum Gasteiger partial charge on any atom is 0.409 e. The van der Waals surface area contributed by atoms with Gasteiger partial charge in [0.15, 0.2) is 6.20 Å². The molecule has 0 radical (unpaired) electrons. The van der Waals surface area contributed by atoms with Crippen LogP contribution in [-0.4, -0.2) is 60.3 Å². The van der Waals surface area contributed by atoms with E-state index in [0.717, 1.165) is 4.73 Å². The van der Waals surface area contributed by atoms with Crippen LogP contribution in [0.3, 0.4) is 0 Å². The summed E-state index contributed by atoms with van der Waals surface area (Å²) >= 11 is 1.22. The Hall–Kier alpha value is -1.96. The minimum absolute atomic E-state index is 0.0302. The summed E-state index contributed by atoms with van der Waals surface area (Å²) in [5.41, 5.74) is 0. The van der Waals surface area contributed by atoms with Crippen LogP contribution in [0.4, 0.5) is 4.79 Å². The second kappa shape index (κ2) is 7.88. The Kier molecular flexibility index (Phi) is 5.88. The molecule has 1 saturated heterocycles. The number of pyridine rings is 1.